The first-order valence-electron chi connectivity index (χ1n) is 4.62. The third kappa shape index (κ3) is 1.42. The standard InChI is InChI=1S/C10H7BN2O2/c1-2-4-10-9(3-1)14-11(15-10)8-5-6-12-13-7-8/h1-7H. The third-order valence-corrected chi connectivity index (χ3v) is 2.20. The smallest absolute Gasteiger partial charge is 0.519 e. The van der Waals surface area contributed by atoms with Crippen LogP contribution >= 0.6 is 0 Å². The highest BCUT2D eigenvalue weighted by Crippen LogP contribution is 2.32. The molecule has 0 amide bonds. The molecule has 0 unspecified atom stereocenters. The monoisotopic (exact) mass is 198 g/mol. The van der Waals surface area contributed by atoms with Gasteiger partial charge < -0.3 is 9.31 Å². The largest absolute Gasteiger partial charge is 0.634 e. The molecule has 1 aromatic heterocycles. The minimum Gasteiger partial charge on any atom is -0.519 e. The molecular formula is C10H7BN2O2. The van der Waals surface area contributed by atoms with E-state index in [1.807, 2.05) is 30.3 Å². The number of hydrogen-bond donors (Lipinski definition) is 0. The molecule has 2 heterocycles. The van der Waals surface area contributed by atoms with Crippen LogP contribution in [0.2, 0.25) is 0 Å². The Kier molecular flexibility index (Phi) is 1.81. The van der Waals surface area contributed by atoms with Crippen molar-refractivity contribution in [3.63, 3.8) is 0 Å². The van der Waals surface area contributed by atoms with Gasteiger partial charge in [0, 0.05) is 11.7 Å². The molecule has 0 saturated carbocycles. The van der Waals surface area contributed by atoms with Gasteiger partial charge in [-0.3, -0.25) is 0 Å². The molecule has 72 valence electrons. The second-order valence-corrected chi connectivity index (χ2v) is 3.19. The molecular weight excluding hydrogens is 191 g/mol. The Morgan fingerprint density at radius 2 is 1.67 bits per heavy atom. The lowest BCUT2D eigenvalue weighted by molar-refractivity contribution is 0.518. The predicted molar refractivity (Wildman–Crippen MR) is 55.1 cm³/mol. The first kappa shape index (κ1) is 8.29. The summed E-state index contributed by atoms with van der Waals surface area (Å²) in [5.74, 6) is 1.53. The maximum atomic E-state index is 5.60. The predicted octanol–water partition coefficient (Wildman–Crippen LogP) is 0.643. The molecule has 1 aliphatic rings. The maximum Gasteiger partial charge on any atom is 0.634 e. The van der Waals surface area contributed by atoms with Crippen LogP contribution in [0.1, 0.15) is 0 Å². The molecule has 1 aromatic carbocycles. The molecule has 5 heteroatoms. The number of benzene rings is 1. The van der Waals surface area contributed by atoms with Crippen LogP contribution in [-0.2, 0) is 0 Å². The van der Waals surface area contributed by atoms with Crippen LogP contribution in [0.15, 0.2) is 42.7 Å². The zero-order valence-corrected chi connectivity index (χ0v) is 7.83. The van der Waals surface area contributed by atoms with Gasteiger partial charge in [-0.05, 0) is 18.2 Å². The molecule has 2 aromatic rings. The second kappa shape index (κ2) is 3.27. The van der Waals surface area contributed by atoms with Crippen molar-refractivity contribution < 1.29 is 9.31 Å². The summed E-state index contributed by atoms with van der Waals surface area (Å²) < 4.78 is 11.2. The molecule has 0 radical (unpaired) electrons. The van der Waals surface area contributed by atoms with Crippen molar-refractivity contribution in [2.24, 2.45) is 0 Å². The third-order valence-electron chi connectivity index (χ3n) is 2.20. The number of fused-ring (bicyclic) bond motifs is 1. The van der Waals surface area contributed by atoms with Gasteiger partial charge in [-0.2, -0.15) is 10.2 Å². The van der Waals surface area contributed by atoms with Gasteiger partial charge in [0.1, 0.15) is 11.5 Å². The molecule has 1 aliphatic heterocycles. The van der Waals surface area contributed by atoms with E-state index in [2.05, 4.69) is 10.2 Å². The van der Waals surface area contributed by atoms with Gasteiger partial charge in [0.25, 0.3) is 0 Å². The van der Waals surface area contributed by atoms with E-state index in [1.54, 1.807) is 12.4 Å². The van der Waals surface area contributed by atoms with Crippen LogP contribution in [0, 0.1) is 0 Å². The van der Waals surface area contributed by atoms with E-state index >= 15 is 0 Å². The Morgan fingerprint density at radius 3 is 2.27 bits per heavy atom. The van der Waals surface area contributed by atoms with Crippen molar-refractivity contribution in [3.05, 3.63) is 42.7 Å². The number of para-hydroxylation sites is 2. The van der Waals surface area contributed by atoms with E-state index in [4.69, 9.17) is 9.31 Å². The number of hydrogen-bond acceptors (Lipinski definition) is 4. The van der Waals surface area contributed by atoms with Gasteiger partial charge >= 0.3 is 7.12 Å². The molecule has 0 aliphatic carbocycles. The molecule has 3 rings (SSSR count). The first-order chi connectivity index (χ1) is 7.43. The van der Waals surface area contributed by atoms with Crippen molar-refractivity contribution in [1.29, 1.82) is 0 Å². The molecule has 4 nitrogen and oxygen atoms in total. The Labute approximate surface area is 87.0 Å². The highest BCUT2D eigenvalue weighted by molar-refractivity contribution is 6.63. The zero-order valence-electron chi connectivity index (χ0n) is 7.83. The van der Waals surface area contributed by atoms with Crippen molar-refractivity contribution in [3.8, 4) is 11.5 Å². The van der Waals surface area contributed by atoms with Gasteiger partial charge in [0.2, 0.25) is 0 Å². The fourth-order valence-corrected chi connectivity index (χ4v) is 1.48. The van der Waals surface area contributed by atoms with Gasteiger partial charge in [0.15, 0.2) is 0 Å². The van der Waals surface area contributed by atoms with Crippen LogP contribution in [-0.4, -0.2) is 17.3 Å². The molecule has 0 atom stereocenters. The fraction of sp³-hybridized carbons (Fsp3) is 0. The van der Waals surface area contributed by atoms with E-state index in [9.17, 15) is 0 Å². The molecule has 0 saturated heterocycles. The molecule has 0 spiro atoms. The molecule has 0 N–H and O–H groups in total. The average molecular weight is 198 g/mol. The van der Waals surface area contributed by atoms with Crippen molar-refractivity contribution in [2.75, 3.05) is 0 Å². The molecule has 0 bridgehead atoms. The Bertz CT molecular complexity index is 453. The molecule has 15 heavy (non-hydrogen) atoms. The second-order valence-electron chi connectivity index (χ2n) is 3.19. The normalized spacial score (nSPS) is 12.9. The van der Waals surface area contributed by atoms with Crippen LogP contribution in [0.3, 0.4) is 0 Å². The van der Waals surface area contributed by atoms with E-state index in [0.29, 0.717) is 0 Å². The topological polar surface area (TPSA) is 44.2 Å². The summed E-state index contributed by atoms with van der Waals surface area (Å²) in [6.07, 6.45) is 3.25. The minimum atomic E-state index is -0.405. The van der Waals surface area contributed by atoms with Crippen molar-refractivity contribution in [2.45, 2.75) is 0 Å². The summed E-state index contributed by atoms with van der Waals surface area (Å²) in [6.45, 7) is 0. The van der Waals surface area contributed by atoms with Crippen LogP contribution in [0.5, 0.6) is 11.5 Å². The quantitative estimate of drug-likeness (QED) is 0.630. The lowest BCUT2D eigenvalue weighted by Gasteiger charge is -2.02. The highest BCUT2D eigenvalue weighted by atomic mass is 16.6. The van der Waals surface area contributed by atoms with Crippen LogP contribution < -0.4 is 14.8 Å². The maximum absolute atomic E-state index is 5.60. The van der Waals surface area contributed by atoms with E-state index < -0.39 is 7.12 Å². The summed E-state index contributed by atoms with van der Waals surface area (Å²) in [6, 6.07) is 9.40. The highest BCUT2D eigenvalue weighted by Gasteiger charge is 2.33. The fourth-order valence-electron chi connectivity index (χ4n) is 1.48. The Hall–Kier alpha value is -2.04. The van der Waals surface area contributed by atoms with Crippen LogP contribution in [0.25, 0.3) is 0 Å². The summed E-state index contributed by atoms with van der Waals surface area (Å²) in [5.41, 5.74) is 0.862. The minimum absolute atomic E-state index is 0.405. The van der Waals surface area contributed by atoms with Crippen molar-refractivity contribution in [1.82, 2.24) is 10.2 Å². The van der Waals surface area contributed by atoms with E-state index in [0.717, 1.165) is 17.0 Å². The van der Waals surface area contributed by atoms with Gasteiger partial charge in [0.05, 0.1) is 6.20 Å². The molecule has 0 fully saturated rings. The first-order valence-corrected chi connectivity index (χ1v) is 4.62. The number of nitrogens with zero attached hydrogens (tertiary/aromatic N) is 2. The zero-order chi connectivity index (χ0) is 10.1. The number of rotatable bonds is 1. The summed E-state index contributed by atoms with van der Waals surface area (Å²) in [5, 5.41) is 7.49. The van der Waals surface area contributed by atoms with E-state index in [1.165, 1.54) is 0 Å². The Morgan fingerprint density at radius 1 is 0.933 bits per heavy atom. The van der Waals surface area contributed by atoms with Gasteiger partial charge in [-0.1, -0.05) is 12.1 Å². The van der Waals surface area contributed by atoms with E-state index in [-0.39, 0.29) is 0 Å². The van der Waals surface area contributed by atoms with Gasteiger partial charge in [-0.15, -0.1) is 0 Å². The lowest BCUT2D eigenvalue weighted by atomic mass is 9.81. The average Bonchev–Trinajstić information content (AvgIpc) is 2.74. The summed E-state index contributed by atoms with van der Waals surface area (Å²) >= 11 is 0. The van der Waals surface area contributed by atoms with Crippen LogP contribution in [0.4, 0.5) is 0 Å². The lowest BCUT2D eigenvalue weighted by Crippen LogP contribution is -2.39. The van der Waals surface area contributed by atoms with Crippen molar-refractivity contribution >= 4 is 12.6 Å². The number of aromatic nitrogens is 2. The SMILES string of the molecule is c1ccc2c(c1)OB(c1ccnnc1)O2. The summed E-state index contributed by atoms with van der Waals surface area (Å²) in [4.78, 5) is 0. The summed E-state index contributed by atoms with van der Waals surface area (Å²) in [7, 11) is -0.405. The Balaban J connectivity index is 1.91. The van der Waals surface area contributed by atoms with Gasteiger partial charge in [-0.25, -0.2) is 0 Å².